The van der Waals surface area contributed by atoms with Gasteiger partial charge in [0.25, 0.3) is 0 Å². The number of aryl methyl sites for hydroxylation is 1. The van der Waals surface area contributed by atoms with Crippen LogP contribution in [0.3, 0.4) is 0 Å². The van der Waals surface area contributed by atoms with Gasteiger partial charge in [0.05, 0.1) is 25.8 Å². The van der Waals surface area contributed by atoms with Crippen molar-refractivity contribution in [1.29, 1.82) is 0 Å². The van der Waals surface area contributed by atoms with E-state index in [0.29, 0.717) is 0 Å². The van der Waals surface area contributed by atoms with Crippen molar-refractivity contribution in [3.63, 3.8) is 0 Å². The van der Waals surface area contributed by atoms with E-state index in [4.69, 9.17) is 4.74 Å². The lowest BCUT2D eigenvalue weighted by Crippen LogP contribution is -3.15. The van der Waals surface area contributed by atoms with E-state index in [9.17, 15) is 4.79 Å². The SMILES string of the molecule is Cc1ccc(N2C(=O)[C@H](C[NH+]3CCOCC3)[C@@H]2c2ccccc2)cc1. The summed E-state index contributed by atoms with van der Waals surface area (Å²) in [6, 6.07) is 18.8. The van der Waals surface area contributed by atoms with Crippen molar-refractivity contribution in [2.24, 2.45) is 5.92 Å². The second-order valence-electron chi connectivity index (χ2n) is 7.07. The number of quaternary nitrogens is 1. The van der Waals surface area contributed by atoms with Crippen LogP contribution in [0.5, 0.6) is 0 Å². The van der Waals surface area contributed by atoms with E-state index in [-0.39, 0.29) is 17.9 Å². The second-order valence-corrected chi connectivity index (χ2v) is 7.07. The van der Waals surface area contributed by atoms with Gasteiger partial charge in [-0.05, 0) is 24.6 Å². The molecule has 0 aromatic heterocycles. The monoisotopic (exact) mass is 337 g/mol. The quantitative estimate of drug-likeness (QED) is 0.860. The molecule has 0 spiro atoms. The van der Waals surface area contributed by atoms with Crippen molar-refractivity contribution in [3.05, 3.63) is 65.7 Å². The number of nitrogens with zero attached hydrogens (tertiary/aromatic N) is 1. The second kappa shape index (κ2) is 6.98. The van der Waals surface area contributed by atoms with Crippen LogP contribution in [0.4, 0.5) is 5.69 Å². The highest BCUT2D eigenvalue weighted by Crippen LogP contribution is 2.42. The summed E-state index contributed by atoms with van der Waals surface area (Å²) in [6.45, 7) is 6.55. The molecule has 2 aromatic rings. The first-order valence-corrected chi connectivity index (χ1v) is 9.10. The minimum absolute atomic E-state index is 0.0526. The maximum atomic E-state index is 13.0. The Kier molecular flexibility index (Phi) is 4.55. The molecule has 25 heavy (non-hydrogen) atoms. The van der Waals surface area contributed by atoms with Crippen molar-refractivity contribution in [1.82, 2.24) is 0 Å². The number of morpholine rings is 1. The van der Waals surface area contributed by atoms with Crippen LogP contribution in [0, 0.1) is 12.8 Å². The first-order chi connectivity index (χ1) is 12.2. The van der Waals surface area contributed by atoms with Gasteiger partial charge in [-0.3, -0.25) is 4.79 Å². The minimum atomic E-state index is 0.0526. The normalized spacial score (nSPS) is 24.2. The first kappa shape index (κ1) is 16.3. The van der Waals surface area contributed by atoms with Crippen LogP contribution in [0.2, 0.25) is 0 Å². The molecular weight excluding hydrogens is 312 g/mol. The Hall–Kier alpha value is -2.17. The summed E-state index contributed by atoms with van der Waals surface area (Å²) in [7, 11) is 0. The molecule has 2 aliphatic heterocycles. The van der Waals surface area contributed by atoms with Crippen LogP contribution in [0.25, 0.3) is 0 Å². The van der Waals surface area contributed by atoms with Crippen LogP contribution < -0.4 is 9.80 Å². The van der Waals surface area contributed by atoms with Gasteiger partial charge in [0.2, 0.25) is 5.91 Å². The summed E-state index contributed by atoms with van der Waals surface area (Å²) in [5, 5.41) is 0. The Morgan fingerprint density at radius 1 is 1.04 bits per heavy atom. The Bertz CT molecular complexity index is 723. The number of anilines is 1. The Balaban J connectivity index is 1.60. The van der Waals surface area contributed by atoms with E-state index in [1.54, 1.807) is 0 Å². The average molecular weight is 337 g/mol. The number of hydrogen-bond acceptors (Lipinski definition) is 2. The van der Waals surface area contributed by atoms with E-state index in [1.165, 1.54) is 16.0 Å². The summed E-state index contributed by atoms with van der Waals surface area (Å²) in [5.74, 6) is 0.300. The maximum absolute atomic E-state index is 13.0. The van der Waals surface area contributed by atoms with Gasteiger partial charge in [-0.1, -0.05) is 48.0 Å². The van der Waals surface area contributed by atoms with E-state index in [2.05, 4.69) is 55.5 Å². The third-order valence-corrected chi connectivity index (χ3v) is 5.38. The van der Waals surface area contributed by atoms with Gasteiger partial charge in [0, 0.05) is 5.69 Å². The molecular formula is C21H25N2O2+. The zero-order valence-electron chi connectivity index (χ0n) is 14.7. The first-order valence-electron chi connectivity index (χ1n) is 9.10. The number of rotatable bonds is 4. The van der Waals surface area contributed by atoms with Crippen LogP contribution in [0.1, 0.15) is 17.2 Å². The van der Waals surface area contributed by atoms with Gasteiger partial charge in [0.1, 0.15) is 19.0 Å². The fourth-order valence-corrected chi connectivity index (χ4v) is 3.95. The van der Waals surface area contributed by atoms with E-state index in [0.717, 1.165) is 38.5 Å². The van der Waals surface area contributed by atoms with E-state index < -0.39 is 0 Å². The molecule has 0 unspecified atom stereocenters. The Labute approximate surface area is 149 Å². The molecule has 4 nitrogen and oxygen atoms in total. The topological polar surface area (TPSA) is 34.0 Å². The highest BCUT2D eigenvalue weighted by molar-refractivity contribution is 6.03. The Morgan fingerprint density at radius 3 is 2.40 bits per heavy atom. The third-order valence-electron chi connectivity index (χ3n) is 5.38. The molecule has 2 aromatic carbocycles. The average Bonchev–Trinajstić information content (AvgIpc) is 2.66. The Morgan fingerprint density at radius 2 is 1.72 bits per heavy atom. The fraction of sp³-hybridized carbons (Fsp3) is 0.381. The van der Waals surface area contributed by atoms with Crippen LogP contribution in [-0.2, 0) is 9.53 Å². The number of β-lactam (4-membered cyclic amide) rings is 1. The molecule has 2 atom stereocenters. The van der Waals surface area contributed by atoms with Crippen molar-refractivity contribution in [2.45, 2.75) is 13.0 Å². The zero-order chi connectivity index (χ0) is 17.2. The third kappa shape index (κ3) is 3.20. The van der Waals surface area contributed by atoms with Gasteiger partial charge in [-0.25, -0.2) is 0 Å². The molecule has 2 saturated heterocycles. The largest absolute Gasteiger partial charge is 0.370 e. The number of nitrogens with one attached hydrogen (secondary N) is 1. The van der Waals surface area contributed by atoms with Gasteiger partial charge in [-0.2, -0.15) is 0 Å². The van der Waals surface area contributed by atoms with E-state index in [1.807, 2.05) is 11.0 Å². The van der Waals surface area contributed by atoms with Crippen LogP contribution >= 0.6 is 0 Å². The number of amides is 1. The molecule has 0 aliphatic carbocycles. The lowest BCUT2D eigenvalue weighted by molar-refractivity contribution is -0.910. The molecule has 1 amide bonds. The van der Waals surface area contributed by atoms with Gasteiger partial charge >= 0.3 is 0 Å². The number of carbonyl (C=O) groups is 1. The number of ether oxygens (including phenoxy) is 1. The number of carbonyl (C=O) groups excluding carboxylic acids is 1. The predicted octanol–water partition coefficient (Wildman–Crippen LogP) is 1.61. The molecule has 130 valence electrons. The summed E-state index contributed by atoms with van der Waals surface area (Å²) in [6.07, 6.45) is 0. The van der Waals surface area contributed by atoms with Crippen molar-refractivity contribution >= 4 is 11.6 Å². The van der Waals surface area contributed by atoms with E-state index >= 15 is 0 Å². The standard InChI is InChI=1S/C21H24N2O2/c1-16-7-9-18(10-8-16)23-20(17-5-3-2-4-6-17)19(21(23)24)15-22-11-13-25-14-12-22/h2-10,19-20H,11-15H2,1H3/p+1/t19-,20+/m1/s1. The highest BCUT2D eigenvalue weighted by atomic mass is 16.5. The fourth-order valence-electron chi connectivity index (χ4n) is 3.95. The van der Waals surface area contributed by atoms with Gasteiger partial charge in [0.15, 0.2) is 0 Å². The van der Waals surface area contributed by atoms with Gasteiger partial charge < -0.3 is 14.5 Å². The van der Waals surface area contributed by atoms with Crippen LogP contribution in [-0.4, -0.2) is 38.8 Å². The predicted molar refractivity (Wildman–Crippen MR) is 97.7 cm³/mol. The molecule has 0 radical (unpaired) electrons. The molecule has 4 rings (SSSR count). The molecule has 2 aliphatic rings. The summed E-state index contributed by atoms with van der Waals surface area (Å²) >= 11 is 0. The summed E-state index contributed by atoms with van der Waals surface area (Å²) < 4.78 is 5.46. The summed E-state index contributed by atoms with van der Waals surface area (Å²) in [5.41, 5.74) is 3.43. The number of benzene rings is 2. The van der Waals surface area contributed by atoms with Gasteiger partial charge in [-0.15, -0.1) is 0 Å². The minimum Gasteiger partial charge on any atom is -0.370 e. The molecule has 2 heterocycles. The van der Waals surface area contributed by atoms with Crippen molar-refractivity contribution in [2.75, 3.05) is 37.7 Å². The maximum Gasteiger partial charge on any atom is 0.238 e. The molecule has 0 bridgehead atoms. The molecule has 1 N–H and O–H groups in total. The molecule has 4 heteroatoms. The lowest BCUT2D eigenvalue weighted by Gasteiger charge is -2.48. The summed E-state index contributed by atoms with van der Waals surface area (Å²) in [4.78, 5) is 16.4. The van der Waals surface area contributed by atoms with Crippen molar-refractivity contribution < 1.29 is 14.4 Å². The smallest absolute Gasteiger partial charge is 0.238 e. The molecule has 2 fully saturated rings. The zero-order valence-corrected chi connectivity index (χ0v) is 14.7. The highest BCUT2D eigenvalue weighted by Gasteiger charge is 2.50. The lowest BCUT2D eigenvalue weighted by atomic mass is 9.81. The molecule has 0 saturated carbocycles. The number of hydrogen-bond donors (Lipinski definition) is 1. The van der Waals surface area contributed by atoms with Crippen LogP contribution in [0.15, 0.2) is 54.6 Å². The van der Waals surface area contributed by atoms with Crippen molar-refractivity contribution in [3.8, 4) is 0 Å².